The summed E-state index contributed by atoms with van der Waals surface area (Å²) in [6, 6.07) is 1.86. The van der Waals surface area contributed by atoms with Gasteiger partial charge in [-0.2, -0.15) is 5.10 Å². The minimum atomic E-state index is 0.0325. The predicted octanol–water partition coefficient (Wildman–Crippen LogP) is 0.361. The van der Waals surface area contributed by atoms with Gasteiger partial charge in [0.05, 0.1) is 18.3 Å². The van der Waals surface area contributed by atoms with Crippen molar-refractivity contribution in [3.05, 3.63) is 27.7 Å². The summed E-state index contributed by atoms with van der Waals surface area (Å²) in [6.07, 6.45) is 6.42. The second-order valence-corrected chi connectivity index (χ2v) is 8.18. The van der Waals surface area contributed by atoms with Gasteiger partial charge < -0.3 is 4.90 Å². The first-order chi connectivity index (χ1) is 13.1. The Morgan fingerprint density at radius 3 is 2.59 bits per heavy atom. The van der Waals surface area contributed by atoms with E-state index in [0.29, 0.717) is 6.54 Å². The van der Waals surface area contributed by atoms with Crippen LogP contribution in [0.3, 0.4) is 0 Å². The van der Waals surface area contributed by atoms with Crippen molar-refractivity contribution in [2.75, 3.05) is 46.3 Å². The van der Waals surface area contributed by atoms with Crippen LogP contribution in [0.2, 0.25) is 0 Å². The lowest BCUT2D eigenvalue weighted by molar-refractivity contribution is -0.139. The summed E-state index contributed by atoms with van der Waals surface area (Å²) in [6.45, 7) is 6.14. The Hall–Kier alpha value is -1.73. The van der Waals surface area contributed by atoms with E-state index < -0.39 is 0 Å². The SMILES string of the molecule is CN1CCCC(N2CCN(CCn3nc4c(cc3=O)CCCC4)CC2)C1=O. The lowest BCUT2D eigenvalue weighted by atomic mass is 9.97. The summed E-state index contributed by atoms with van der Waals surface area (Å²) in [5, 5.41) is 4.62. The van der Waals surface area contributed by atoms with E-state index in [9.17, 15) is 9.59 Å². The van der Waals surface area contributed by atoms with Gasteiger partial charge in [0.15, 0.2) is 0 Å². The fourth-order valence-electron chi connectivity index (χ4n) is 4.64. The molecule has 7 nitrogen and oxygen atoms in total. The maximum Gasteiger partial charge on any atom is 0.267 e. The Balaban J connectivity index is 1.30. The molecule has 0 N–H and O–H groups in total. The number of piperazine rings is 1. The van der Waals surface area contributed by atoms with Crippen LogP contribution in [0.25, 0.3) is 0 Å². The molecule has 0 saturated carbocycles. The molecule has 7 heteroatoms. The molecule has 1 aromatic heterocycles. The second kappa shape index (κ2) is 8.10. The average molecular weight is 374 g/mol. The zero-order valence-corrected chi connectivity index (χ0v) is 16.4. The lowest BCUT2D eigenvalue weighted by Crippen LogP contribution is -2.57. The van der Waals surface area contributed by atoms with Crippen LogP contribution in [0.5, 0.6) is 0 Å². The normalized spacial score (nSPS) is 24.9. The number of aromatic nitrogens is 2. The summed E-state index contributed by atoms with van der Waals surface area (Å²) < 4.78 is 1.65. The third kappa shape index (κ3) is 4.09. The van der Waals surface area contributed by atoms with Crippen molar-refractivity contribution >= 4 is 5.91 Å². The van der Waals surface area contributed by atoms with Crippen LogP contribution in [0, 0.1) is 0 Å². The van der Waals surface area contributed by atoms with Crippen molar-refractivity contribution in [2.24, 2.45) is 0 Å². The second-order valence-electron chi connectivity index (χ2n) is 8.18. The molecular weight excluding hydrogens is 342 g/mol. The number of likely N-dealkylation sites (tertiary alicyclic amines) is 1. The topological polar surface area (TPSA) is 61.7 Å². The maximum atomic E-state index is 12.4. The number of rotatable bonds is 4. The molecule has 1 aromatic rings. The monoisotopic (exact) mass is 373 g/mol. The van der Waals surface area contributed by atoms with Gasteiger partial charge in [-0.1, -0.05) is 0 Å². The Morgan fingerprint density at radius 1 is 1.00 bits per heavy atom. The lowest BCUT2D eigenvalue weighted by Gasteiger charge is -2.41. The molecule has 2 fully saturated rings. The van der Waals surface area contributed by atoms with Crippen molar-refractivity contribution in [2.45, 2.75) is 51.1 Å². The quantitative estimate of drug-likeness (QED) is 0.763. The van der Waals surface area contributed by atoms with Gasteiger partial charge >= 0.3 is 0 Å². The number of amides is 1. The molecule has 0 bridgehead atoms. The Morgan fingerprint density at radius 2 is 1.78 bits per heavy atom. The zero-order valence-electron chi connectivity index (χ0n) is 16.4. The number of hydrogen-bond acceptors (Lipinski definition) is 5. The van der Waals surface area contributed by atoms with E-state index in [4.69, 9.17) is 0 Å². The molecule has 1 unspecified atom stereocenters. The van der Waals surface area contributed by atoms with Gasteiger partial charge in [-0.3, -0.25) is 19.4 Å². The molecule has 4 rings (SSSR count). The molecule has 0 aromatic carbocycles. The molecule has 1 aliphatic carbocycles. The van der Waals surface area contributed by atoms with Crippen molar-refractivity contribution in [3.8, 4) is 0 Å². The fraction of sp³-hybridized carbons (Fsp3) is 0.750. The van der Waals surface area contributed by atoms with Crippen LogP contribution in [0.15, 0.2) is 10.9 Å². The largest absolute Gasteiger partial charge is 0.344 e. The van der Waals surface area contributed by atoms with Crippen molar-refractivity contribution in [3.63, 3.8) is 0 Å². The molecule has 1 amide bonds. The fourth-order valence-corrected chi connectivity index (χ4v) is 4.64. The molecule has 2 aliphatic heterocycles. The van der Waals surface area contributed by atoms with Crippen LogP contribution in [-0.4, -0.2) is 82.7 Å². The number of nitrogens with zero attached hydrogens (tertiary/aromatic N) is 5. The van der Waals surface area contributed by atoms with Crippen molar-refractivity contribution in [1.29, 1.82) is 0 Å². The molecule has 148 valence electrons. The number of aryl methyl sites for hydroxylation is 2. The van der Waals surface area contributed by atoms with Gasteiger partial charge in [0.1, 0.15) is 0 Å². The number of hydrogen-bond donors (Lipinski definition) is 0. The summed E-state index contributed by atoms with van der Waals surface area (Å²) in [5.41, 5.74) is 2.30. The molecule has 3 aliphatic rings. The highest BCUT2D eigenvalue weighted by atomic mass is 16.2. The van der Waals surface area contributed by atoms with Crippen LogP contribution >= 0.6 is 0 Å². The Kier molecular flexibility index (Phi) is 5.59. The van der Waals surface area contributed by atoms with E-state index in [-0.39, 0.29) is 17.5 Å². The summed E-state index contributed by atoms with van der Waals surface area (Å²) in [5.74, 6) is 0.277. The van der Waals surface area contributed by atoms with E-state index >= 15 is 0 Å². The van der Waals surface area contributed by atoms with Crippen LogP contribution in [-0.2, 0) is 24.2 Å². The number of carbonyl (C=O) groups excluding carboxylic acids is 1. The van der Waals surface area contributed by atoms with E-state index in [0.717, 1.165) is 76.2 Å². The first-order valence-electron chi connectivity index (χ1n) is 10.4. The van der Waals surface area contributed by atoms with E-state index in [2.05, 4.69) is 14.9 Å². The molecule has 27 heavy (non-hydrogen) atoms. The van der Waals surface area contributed by atoms with E-state index in [1.807, 2.05) is 11.9 Å². The number of fused-ring (bicyclic) bond motifs is 1. The van der Waals surface area contributed by atoms with Gasteiger partial charge in [0.2, 0.25) is 5.91 Å². The maximum absolute atomic E-state index is 12.4. The highest BCUT2D eigenvalue weighted by molar-refractivity contribution is 5.82. The van der Waals surface area contributed by atoms with Crippen molar-refractivity contribution in [1.82, 2.24) is 24.5 Å². The first kappa shape index (κ1) is 18.6. The minimum absolute atomic E-state index is 0.0325. The predicted molar refractivity (Wildman–Crippen MR) is 104 cm³/mol. The Labute approximate surface area is 160 Å². The van der Waals surface area contributed by atoms with Crippen molar-refractivity contribution < 1.29 is 4.79 Å². The van der Waals surface area contributed by atoms with E-state index in [1.54, 1.807) is 10.7 Å². The minimum Gasteiger partial charge on any atom is -0.344 e. The van der Waals surface area contributed by atoms with Crippen LogP contribution < -0.4 is 5.56 Å². The number of likely N-dealkylation sites (N-methyl/N-ethyl adjacent to an activating group) is 1. The summed E-state index contributed by atoms with van der Waals surface area (Å²) in [4.78, 5) is 31.3. The van der Waals surface area contributed by atoms with Gasteiger partial charge in [-0.25, -0.2) is 4.68 Å². The number of piperidine rings is 1. The Bertz CT molecular complexity index is 738. The van der Waals surface area contributed by atoms with Gasteiger partial charge in [0.25, 0.3) is 5.56 Å². The summed E-state index contributed by atoms with van der Waals surface area (Å²) in [7, 11) is 1.91. The highest BCUT2D eigenvalue weighted by Crippen LogP contribution is 2.18. The summed E-state index contributed by atoms with van der Waals surface area (Å²) >= 11 is 0. The molecule has 3 heterocycles. The van der Waals surface area contributed by atoms with Crippen LogP contribution in [0.1, 0.15) is 36.9 Å². The molecular formula is C20H31N5O2. The van der Waals surface area contributed by atoms with Gasteiger partial charge in [-0.05, 0) is 44.1 Å². The molecule has 1 atom stereocenters. The highest BCUT2D eigenvalue weighted by Gasteiger charge is 2.33. The average Bonchev–Trinajstić information content (AvgIpc) is 2.69. The third-order valence-corrected chi connectivity index (χ3v) is 6.38. The molecule has 0 spiro atoms. The van der Waals surface area contributed by atoms with Gasteiger partial charge in [-0.15, -0.1) is 0 Å². The van der Waals surface area contributed by atoms with Crippen LogP contribution in [0.4, 0.5) is 0 Å². The molecule has 2 saturated heterocycles. The zero-order chi connectivity index (χ0) is 18.8. The number of carbonyl (C=O) groups is 1. The smallest absolute Gasteiger partial charge is 0.267 e. The first-order valence-corrected chi connectivity index (χ1v) is 10.4. The van der Waals surface area contributed by atoms with E-state index in [1.165, 1.54) is 12.8 Å². The van der Waals surface area contributed by atoms with Gasteiger partial charge in [0, 0.05) is 52.4 Å². The third-order valence-electron chi connectivity index (χ3n) is 6.38. The standard InChI is InChI=1S/C20H31N5O2/c1-22-8-4-7-18(20(22)27)24-12-9-23(10-13-24)11-14-25-19(26)15-16-5-2-3-6-17(16)21-25/h15,18H,2-14H2,1H3. The molecule has 0 radical (unpaired) electrons.